The highest BCUT2D eigenvalue weighted by molar-refractivity contribution is 8.06. The Kier molecular flexibility index (Phi) is 4.76. The van der Waals surface area contributed by atoms with Crippen LogP contribution in [0.25, 0.3) is 0 Å². The van der Waals surface area contributed by atoms with Crippen LogP contribution < -0.4 is 5.32 Å². The molecule has 0 radical (unpaired) electrons. The summed E-state index contributed by atoms with van der Waals surface area (Å²) < 4.78 is 0. The van der Waals surface area contributed by atoms with Crippen molar-refractivity contribution in [2.45, 2.75) is 24.6 Å². The van der Waals surface area contributed by atoms with Crippen LogP contribution in [0.5, 0.6) is 0 Å². The van der Waals surface area contributed by atoms with Gasteiger partial charge in [0.2, 0.25) is 11.8 Å². The third kappa shape index (κ3) is 3.17. The molecule has 0 aromatic heterocycles. The maximum absolute atomic E-state index is 11.9. The predicted octanol–water partition coefficient (Wildman–Crippen LogP) is 0.572. The molecule has 2 aliphatic rings. The first-order valence-electron chi connectivity index (χ1n) is 5.99. The maximum Gasteiger partial charge on any atom is 0.246 e. The molecular formula is C11H18N2O2S2. The van der Waals surface area contributed by atoms with E-state index in [4.69, 9.17) is 0 Å². The molecule has 6 heteroatoms. The molecule has 2 unspecified atom stereocenters. The van der Waals surface area contributed by atoms with Crippen LogP contribution in [0.1, 0.15) is 13.3 Å². The highest BCUT2D eigenvalue weighted by atomic mass is 32.2. The normalized spacial score (nSPS) is 30.1. The number of hydrogen-bond acceptors (Lipinski definition) is 5. The topological polar surface area (TPSA) is 49.4 Å². The maximum atomic E-state index is 11.9. The molecule has 4 nitrogen and oxygen atoms in total. The minimum atomic E-state index is -0.282. The Morgan fingerprint density at radius 1 is 1.41 bits per heavy atom. The van der Waals surface area contributed by atoms with Crippen molar-refractivity contribution in [3.8, 4) is 0 Å². The number of nitrogens with zero attached hydrogens (tertiary/aromatic N) is 1. The molecule has 2 atom stereocenters. The van der Waals surface area contributed by atoms with Gasteiger partial charge in [0.15, 0.2) is 0 Å². The summed E-state index contributed by atoms with van der Waals surface area (Å²) in [5.74, 6) is 3.47. The summed E-state index contributed by atoms with van der Waals surface area (Å²) in [6.07, 6.45) is 0.331. The molecule has 96 valence electrons. The van der Waals surface area contributed by atoms with Crippen molar-refractivity contribution >= 4 is 35.3 Å². The van der Waals surface area contributed by atoms with E-state index in [-0.39, 0.29) is 17.9 Å². The molecule has 2 saturated heterocycles. The Bertz CT molecular complexity index is 306. The molecule has 0 spiro atoms. The molecule has 2 heterocycles. The summed E-state index contributed by atoms with van der Waals surface area (Å²) in [6.45, 7) is 3.16. The molecule has 2 rings (SSSR count). The van der Waals surface area contributed by atoms with Gasteiger partial charge in [-0.15, -0.1) is 0 Å². The fraction of sp³-hybridized carbons (Fsp3) is 0.818. The Labute approximate surface area is 110 Å². The van der Waals surface area contributed by atoms with E-state index in [0.29, 0.717) is 18.2 Å². The van der Waals surface area contributed by atoms with Crippen LogP contribution in [0.15, 0.2) is 0 Å². The van der Waals surface area contributed by atoms with E-state index < -0.39 is 0 Å². The van der Waals surface area contributed by atoms with Crippen LogP contribution in [0, 0.1) is 0 Å². The molecule has 0 aliphatic carbocycles. The number of carbonyl (C=O) groups is 2. The second-order valence-corrected chi connectivity index (χ2v) is 6.77. The van der Waals surface area contributed by atoms with Crippen molar-refractivity contribution in [2.75, 3.05) is 30.3 Å². The minimum absolute atomic E-state index is 0.0410. The van der Waals surface area contributed by atoms with Crippen LogP contribution >= 0.6 is 23.5 Å². The van der Waals surface area contributed by atoms with Crippen molar-refractivity contribution in [2.24, 2.45) is 0 Å². The number of amides is 2. The number of imide groups is 1. The molecule has 0 aromatic rings. The molecule has 2 aliphatic heterocycles. The Balaban J connectivity index is 1.79. The fourth-order valence-electron chi connectivity index (χ4n) is 2.10. The SMILES string of the molecule is CCN1C(=O)CC(NCC2CSCCS2)C1=O. The zero-order chi connectivity index (χ0) is 12.3. The number of rotatable bonds is 4. The van der Waals surface area contributed by atoms with Gasteiger partial charge < -0.3 is 5.32 Å². The quantitative estimate of drug-likeness (QED) is 0.760. The van der Waals surface area contributed by atoms with Gasteiger partial charge in [-0.25, -0.2) is 0 Å². The molecule has 0 saturated carbocycles. The summed E-state index contributed by atoms with van der Waals surface area (Å²) >= 11 is 3.93. The van der Waals surface area contributed by atoms with Crippen LogP contribution in [-0.2, 0) is 9.59 Å². The largest absolute Gasteiger partial charge is 0.304 e. The zero-order valence-electron chi connectivity index (χ0n) is 9.98. The Morgan fingerprint density at radius 3 is 2.82 bits per heavy atom. The molecule has 1 N–H and O–H groups in total. The van der Waals surface area contributed by atoms with Gasteiger partial charge >= 0.3 is 0 Å². The van der Waals surface area contributed by atoms with Crippen molar-refractivity contribution in [1.29, 1.82) is 0 Å². The van der Waals surface area contributed by atoms with E-state index in [1.807, 2.05) is 30.4 Å². The zero-order valence-corrected chi connectivity index (χ0v) is 11.6. The summed E-state index contributed by atoms with van der Waals surface area (Å²) in [5, 5.41) is 3.83. The van der Waals surface area contributed by atoms with Crippen molar-refractivity contribution in [3.05, 3.63) is 0 Å². The van der Waals surface area contributed by atoms with Crippen LogP contribution in [0.2, 0.25) is 0 Å². The number of hydrogen-bond donors (Lipinski definition) is 1. The number of thioether (sulfide) groups is 2. The predicted molar refractivity (Wildman–Crippen MR) is 72.4 cm³/mol. The summed E-state index contributed by atoms with van der Waals surface area (Å²) in [5.41, 5.74) is 0. The average molecular weight is 274 g/mol. The van der Waals surface area contributed by atoms with Crippen LogP contribution in [0.3, 0.4) is 0 Å². The van der Waals surface area contributed by atoms with Gasteiger partial charge in [0.1, 0.15) is 0 Å². The van der Waals surface area contributed by atoms with Gasteiger partial charge in [0.25, 0.3) is 0 Å². The highest BCUT2D eigenvalue weighted by Crippen LogP contribution is 2.23. The smallest absolute Gasteiger partial charge is 0.246 e. The van der Waals surface area contributed by atoms with Gasteiger partial charge in [-0.2, -0.15) is 23.5 Å². The van der Waals surface area contributed by atoms with Crippen molar-refractivity contribution in [3.63, 3.8) is 0 Å². The monoisotopic (exact) mass is 274 g/mol. The van der Waals surface area contributed by atoms with Crippen molar-refractivity contribution in [1.82, 2.24) is 10.2 Å². The first-order chi connectivity index (χ1) is 8.22. The lowest BCUT2D eigenvalue weighted by Gasteiger charge is -2.22. The third-order valence-corrected chi connectivity index (χ3v) is 5.88. The number of likely N-dealkylation sites (N-methyl/N-ethyl adjacent to an activating group) is 1. The summed E-state index contributed by atoms with van der Waals surface area (Å²) in [7, 11) is 0. The van der Waals surface area contributed by atoms with Gasteiger partial charge in [-0.1, -0.05) is 0 Å². The van der Waals surface area contributed by atoms with E-state index in [9.17, 15) is 9.59 Å². The number of nitrogens with one attached hydrogen (secondary N) is 1. The second-order valence-electron chi connectivity index (χ2n) is 4.21. The van der Waals surface area contributed by atoms with E-state index >= 15 is 0 Å². The molecule has 2 fully saturated rings. The van der Waals surface area contributed by atoms with E-state index in [1.165, 1.54) is 16.4 Å². The first kappa shape index (κ1) is 13.2. The fourth-order valence-corrected chi connectivity index (χ4v) is 4.73. The van der Waals surface area contributed by atoms with E-state index in [1.54, 1.807) is 0 Å². The van der Waals surface area contributed by atoms with Crippen molar-refractivity contribution < 1.29 is 9.59 Å². The Hall–Kier alpha value is -0.200. The molecule has 0 aromatic carbocycles. The summed E-state index contributed by atoms with van der Waals surface area (Å²) in [4.78, 5) is 24.7. The number of carbonyl (C=O) groups excluding carboxylic acids is 2. The van der Waals surface area contributed by atoms with Gasteiger partial charge in [-0.3, -0.25) is 14.5 Å². The van der Waals surface area contributed by atoms with Crippen LogP contribution in [0.4, 0.5) is 0 Å². The average Bonchev–Trinajstić information content (AvgIpc) is 2.63. The van der Waals surface area contributed by atoms with Gasteiger partial charge in [0.05, 0.1) is 12.5 Å². The number of likely N-dealkylation sites (tertiary alicyclic amines) is 1. The third-order valence-electron chi connectivity index (χ3n) is 3.04. The lowest BCUT2D eigenvalue weighted by Crippen LogP contribution is -2.42. The summed E-state index contributed by atoms with van der Waals surface area (Å²) in [6, 6.07) is -0.282. The van der Waals surface area contributed by atoms with Gasteiger partial charge in [-0.05, 0) is 6.92 Å². The molecular weight excluding hydrogens is 256 g/mol. The van der Waals surface area contributed by atoms with E-state index in [0.717, 1.165) is 12.3 Å². The highest BCUT2D eigenvalue weighted by Gasteiger charge is 2.37. The Morgan fingerprint density at radius 2 is 2.24 bits per heavy atom. The lowest BCUT2D eigenvalue weighted by molar-refractivity contribution is -0.138. The minimum Gasteiger partial charge on any atom is -0.304 e. The van der Waals surface area contributed by atoms with Gasteiger partial charge in [0, 0.05) is 35.6 Å². The van der Waals surface area contributed by atoms with Crippen LogP contribution in [-0.4, -0.2) is 58.4 Å². The standard InChI is InChI=1S/C11H18N2O2S2/c1-2-13-10(14)5-9(11(13)15)12-6-8-7-16-3-4-17-8/h8-9,12H,2-7H2,1H3. The molecule has 2 amide bonds. The molecule has 0 bridgehead atoms. The first-order valence-corrected chi connectivity index (χ1v) is 8.19. The van der Waals surface area contributed by atoms with E-state index in [2.05, 4.69) is 5.32 Å². The molecule has 17 heavy (non-hydrogen) atoms. The lowest BCUT2D eigenvalue weighted by atomic mass is 10.2. The second kappa shape index (κ2) is 6.11.